The van der Waals surface area contributed by atoms with Crippen molar-refractivity contribution < 1.29 is 23.5 Å². The second-order valence-corrected chi connectivity index (χ2v) is 19.3. The number of nitrogens with one attached hydrogen (secondary N) is 1. The summed E-state index contributed by atoms with van der Waals surface area (Å²) >= 11 is 0. The topological polar surface area (TPSA) is 73.9 Å². The second-order valence-electron chi connectivity index (χ2n) is 14.5. The molecule has 0 unspecified atom stereocenters. The molecule has 0 spiro atoms. The van der Waals surface area contributed by atoms with E-state index in [0.29, 0.717) is 32.5 Å². The van der Waals surface area contributed by atoms with Gasteiger partial charge in [0.2, 0.25) is 0 Å². The minimum absolute atomic E-state index is 0.181. The van der Waals surface area contributed by atoms with Gasteiger partial charge < -0.3 is 19.2 Å². The zero-order chi connectivity index (χ0) is 33.1. The first kappa shape index (κ1) is 39.9. The fourth-order valence-corrected chi connectivity index (χ4v) is 5.89. The predicted octanol–water partition coefficient (Wildman–Crippen LogP) is 9.76. The average Bonchev–Trinajstić information content (AvgIpc) is 2.92. The van der Waals surface area contributed by atoms with Crippen LogP contribution in [0.3, 0.4) is 0 Å². The molecule has 0 aliphatic rings. The van der Waals surface area contributed by atoms with Crippen LogP contribution in [0.1, 0.15) is 131 Å². The zero-order valence-corrected chi connectivity index (χ0v) is 30.5. The lowest BCUT2D eigenvalue weighted by Gasteiger charge is -2.39. The summed E-state index contributed by atoms with van der Waals surface area (Å²) in [5, 5.41) is 3.09. The van der Waals surface area contributed by atoms with Crippen molar-refractivity contribution in [1.82, 2.24) is 5.32 Å². The van der Waals surface area contributed by atoms with Gasteiger partial charge in [0.05, 0.1) is 19.3 Å². The maximum absolute atomic E-state index is 12.7. The van der Waals surface area contributed by atoms with Crippen LogP contribution in [0.15, 0.2) is 30.3 Å². The maximum Gasteiger partial charge on any atom is 0.407 e. The van der Waals surface area contributed by atoms with Crippen LogP contribution < -0.4 is 5.32 Å². The molecule has 1 aromatic carbocycles. The first-order valence-corrected chi connectivity index (χ1v) is 19.8. The van der Waals surface area contributed by atoms with Crippen molar-refractivity contribution in [2.45, 2.75) is 168 Å². The van der Waals surface area contributed by atoms with Gasteiger partial charge in [-0.25, -0.2) is 4.79 Å². The Kier molecular flexibility index (Phi) is 18.9. The number of rotatable bonds is 20. The Balaban J connectivity index is 2.49. The van der Waals surface area contributed by atoms with E-state index in [9.17, 15) is 9.59 Å². The highest BCUT2D eigenvalue weighted by Gasteiger charge is 2.38. The Morgan fingerprint density at radius 3 is 2.18 bits per heavy atom. The van der Waals surface area contributed by atoms with Gasteiger partial charge in [0.25, 0.3) is 0 Å². The van der Waals surface area contributed by atoms with Gasteiger partial charge in [-0.3, -0.25) is 4.79 Å². The predicted molar refractivity (Wildman–Crippen MR) is 185 cm³/mol. The summed E-state index contributed by atoms with van der Waals surface area (Å²) in [6, 6.07) is 9.59. The molecule has 0 heterocycles. The van der Waals surface area contributed by atoms with Crippen LogP contribution in [0.5, 0.6) is 0 Å². The van der Waals surface area contributed by atoms with Crippen LogP contribution in [0.25, 0.3) is 0 Å². The van der Waals surface area contributed by atoms with E-state index in [1.165, 1.54) is 25.7 Å². The third-order valence-electron chi connectivity index (χ3n) is 8.04. The van der Waals surface area contributed by atoms with Crippen LogP contribution in [0.4, 0.5) is 4.79 Å². The summed E-state index contributed by atoms with van der Waals surface area (Å²) in [6.45, 7) is 20.1. The minimum atomic E-state index is -1.81. The average molecular weight is 630 g/mol. The maximum atomic E-state index is 12.7. The Morgan fingerprint density at radius 2 is 1.55 bits per heavy atom. The minimum Gasteiger partial charge on any atom is -0.444 e. The third kappa shape index (κ3) is 19.3. The van der Waals surface area contributed by atoms with Crippen molar-refractivity contribution in [3.05, 3.63) is 35.9 Å². The number of unbranched alkanes of at least 4 members (excludes halogenated alkanes) is 4. The highest BCUT2D eigenvalue weighted by Crippen LogP contribution is 2.38. The van der Waals surface area contributed by atoms with Crippen LogP contribution in [0, 0.1) is 11.8 Å². The molecule has 6 nitrogen and oxygen atoms in total. The van der Waals surface area contributed by atoms with E-state index >= 15 is 0 Å². The molecule has 44 heavy (non-hydrogen) atoms. The molecular weight excluding hydrogens is 566 g/mol. The molecule has 0 saturated carbocycles. The van der Waals surface area contributed by atoms with E-state index in [1.54, 1.807) is 0 Å². The molecule has 0 aromatic heterocycles. The van der Waals surface area contributed by atoms with Crippen molar-refractivity contribution in [1.29, 1.82) is 0 Å². The molecule has 0 saturated heterocycles. The lowest BCUT2D eigenvalue weighted by atomic mass is 10.0. The van der Waals surface area contributed by atoms with Gasteiger partial charge in [0, 0.05) is 31.8 Å². The van der Waals surface area contributed by atoms with Crippen LogP contribution in [-0.4, -0.2) is 44.5 Å². The second kappa shape index (κ2) is 20.8. The quantitative estimate of drug-likeness (QED) is 0.0883. The molecular formula is C37H63NO5Si. The Morgan fingerprint density at radius 1 is 0.864 bits per heavy atom. The summed E-state index contributed by atoms with van der Waals surface area (Å²) in [4.78, 5) is 25.0. The Labute approximate surface area is 270 Å². The molecule has 0 fully saturated rings. The Bertz CT molecular complexity index is 1000. The molecule has 7 heteroatoms. The number of carbonyl (C=O) groups excluding carboxylic acids is 2. The molecule has 1 rings (SSSR count). The van der Waals surface area contributed by atoms with Gasteiger partial charge in [-0.2, -0.15) is 0 Å². The van der Waals surface area contributed by atoms with Crippen molar-refractivity contribution >= 4 is 20.2 Å². The van der Waals surface area contributed by atoms with E-state index in [-0.39, 0.29) is 23.0 Å². The number of amides is 1. The number of benzene rings is 1. The molecule has 0 aliphatic carbocycles. The SMILES string of the molecule is CCCCCC[C@@H](CCC#CCCCC(=O)CC[C@@H](COCc1ccccc1)NC(=O)OC(C)(C)C)O[Si](C)(C)C(C)(C)C. The third-order valence-corrected chi connectivity index (χ3v) is 12.6. The van der Waals surface area contributed by atoms with Crippen LogP contribution in [0.2, 0.25) is 18.1 Å². The summed E-state index contributed by atoms with van der Waals surface area (Å²) in [5.41, 5.74) is 0.468. The van der Waals surface area contributed by atoms with Crippen molar-refractivity contribution in [3.63, 3.8) is 0 Å². The highest BCUT2D eigenvalue weighted by molar-refractivity contribution is 6.74. The largest absolute Gasteiger partial charge is 0.444 e. The number of ketones is 1. The molecule has 2 atom stereocenters. The molecule has 1 amide bonds. The van der Waals surface area contributed by atoms with E-state index in [0.717, 1.165) is 37.7 Å². The van der Waals surface area contributed by atoms with Gasteiger partial charge in [-0.05, 0) is 70.2 Å². The zero-order valence-electron chi connectivity index (χ0n) is 29.5. The van der Waals surface area contributed by atoms with Crippen molar-refractivity contribution in [2.75, 3.05) is 6.61 Å². The number of Topliss-reactive ketones (excluding diaryl/α,β-unsaturated/α-hetero) is 1. The number of carbonyl (C=O) groups is 2. The fourth-order valence-electron chi connectivity index (χ4n) is 4.46. The van der Waals surface area contributed by atoms with E-state index in [4.69, 9.17) is 13.9 Å². The van der Waals surface area contributed by atoms with Gasteiger partial charge in [0.1, 0.15) is 11.4 Å². The lowest BCUT2D eigenvalue weighted by Crippen LogP contribution is -2.44. The smallest absolute Gasteiger partial charge is 0.407 e. The van der Waals surface area contributed by atoms with Gasteiger partial charge >= 0.3 is 6.09 Å². The summed E-state index contributed by atoms with van der Waals surface area (Å²) in [6.07, 6.45) is 10.6. The van der Waals surface area contributed by atoms with E-state index in [2.05, 4.69) is 57.9 Å². The number of ether oxygens (including phenoxy) is 2. The van der Waals surface area contributed by atoms with Gasteiger partial charge in [-0.1, -0.05) is 83.7 Å². The van der Waals surface area contributed by atoms with Crippen LogP contribution >= 0.6 is 0 Å². The molecule has 250 valence electrons. The molecule has 0 radical (unpaired) electrons. The standard InChI is InChI=1S/C37H63NO5Si/c1-10-11-12-20-25-34(43-44(8,9)37(5,6)7)26-21-15-13-14-19-24-33(39)28-27-32(38-35(40)42-36(2,3)4)30-41-29-31-22-17-16-18-23-31/h16-18,22-23,32,34H,10-12,14,19-21,24-30H2,1-9H3,(H,38,40)/t32-,34-/m0/s1. The Hall–Kier alpha value is -2.14. The highest BCUT2D eigenvalue weighted by atomic mass is 28.4. The molecule has 0 bridgehead atoms. The summed E-state index contributed by atoms with van der Waals surface area (Å²) in [5.74, 6) is 6.80. The summed E-state index contributed by atoms with van der Waals surface area (Å²) in [7, 11) is -1.81. The fraction of sp³-hybridized carbons (Fsp3) is 0.730. The van der Waals surface area contributed by atoms with Gasteiger partial charge in [-0.15, -0.1) is 11.8 Å². The lowest BCUT2D eigenvalue weighted by molar-refractivity contribution is -0.119. The number of hydrogen-bond acceptors (Lipinski definition) is 5. The summed E-state index contributed by atoms with van der Waals surface area (Å²) < 4.78 is 18.1. The van der Waals surface area contributed by atoms with Crippen molar-refractivity contribution in [2.24, 2.45) is 0 Å². The molecule has 1 aromatic rings. The first-order valence-electron chi connectivity index (χ1n) is 16.9. The monoisotopic (exact) mass is 629 g/mol. The number of hydrogen-bond donors (Lipinski definition) is 1. The van der Waals surface area contributed by atoms with Crippen molar-refractivity contribution in [3.8, 4) is 11.8 Å². The first-order chi connectivity index (χ1) is 20.6. The van der Waals surface area contributed by atoms with E-state index in [1.807, 2.05) is 51.1 Å². The number of alkyl carbamates (subject to hydrolysis) is 1. The van der Waals surface area contributed by atoms with Gasteiger partial charge in [0.15, 0.2) is 8.32 Å². The van der Waals surface area contributed by atoms with Crippen LogP contribution in [-0.2, 0) is 25.3 Å². The van der Waals surface area contributed by atoms with E-state index < -0.39 is 20.0 Å². The normalized spacial score (nSPS) is 13.5. The molecule has 1 N–H and O–H groups in total. The molecule has 0 aliphatic heterocycles.